The SMILES string of the molecule is Cc1ncsc1CC(=O)NCCc1ccc(S(N)(=O)=O)cc1. The van der Waals surface area contributed by atoms with Crippen molar-refractivity contribution in [3.05, 3.63) is 45.9 Å². The minimum Gasteiger partial charge on any atom is -0.355 e. The molecule has 1 amide bonds. The quantitative estimate of drug-likeness (QED) is 0.819. The van der Waals surface area contributed by atoms with Gasteiger partial charge in [0.15, 0.2) is 0 Å². The van der Waals surface area contributed by atoms with E-state index in [9.17, 15) is 13.2 Å². The zero-order chi connectivity index (χ0) is 16.2. The fraction of sp³-hybridized carbons (Fsp3) is 0.286. The summed E-state index contributed by atoms with van der Waals surface area (Å²) >= 11 is 1.47. The molecule has 0 aliphatic heterocycles. The second-order valence-electron chi connectivity index (χ2n) is 4.83. The number of hydrogen-bond donors (Lipinski definition) is 2. The largest absolute Gasteiger partial charge is 0.355 e. The standard InChI is InChI=1S/C14H17N3O3S2/c1-10-13(21-9-17-10)8-14(18)16-7-6-11-2-4-12(5-3-11)22(15,19)20/h2-5,9H,6-8H2,1H3,(H,16,18)(H2,15,19,20). The first-order chi connectivity index (χ1) is 10.4. The number of aryl methyl sites for hydroxylation is 1. The molecule has 8 heteroatoms. The topological polar surface area (TPSA) is 102 Å². The van der Waals surface area contributed by atoms with Crippen molar-refractivity contribution in [2.24, 2.45) is 5.14 Å². The molecule has 0 aliphatic rings. The fourth-order valence-electron chi connectivity index (χ4n) is 1.90. The lowest BCUT2D eigenvalue weighted by atomic mass is 10.1. The van der Waals surface area contributed by atoms with Crippen LogP contribution < -0.4 is 10.5 Å². The molecule has 0 unspecified atom stereocenters. The Hall–Kier alpha value is -1.77. The van der Waals surface area contributed by atoms with Gasteiger partial charge in [-0.15, -0.1) is 11.3 Å². The van der Waals surface area contributed by atoms with E-state index in [-0.39, 0.29) is 10.8 Å². The maximum absolute atomic E-state index is 11.8. The molecule has 2 rings (SSSR count). The van der Waals surface area contributed by atoms with E-state index < -0.39 is 10.0 Å². The van der Waals surface area contributed by atoms with Gasteiger partial charge in [0, 0.05) is 11.4 Å². The van der Waals surface area contributed by atoms with Crippen LogP contribution in [-0.2, 0) is 27.7 Å². The number of sulfonamides is 1. The van der Waals surface area contributed by atoms with Gasteiger partial charge < -0.3 is 5.32 Å². The van der Waals surface area contributed by atoms with Gasteiger partial charge in [0.25, 0.3) is 0 Å². The summed E-state index contributed by atoms with van der Waals surface area (Å²) in [5, 5.41) is 7.87. The lowest BCUT2D eigenvalue weighted by Gasteiger charge is -2.06. The van der Waals surface area contributed by atoms with Crippen molar-refractivity contribution in [2.75, 3.05) is 6.54 Å². The minimum absolute atomic E-state index is 0.0477. The van der Waals surface area contributed by atoms with Crippen LogP contribution in [0.25, 0.3) is 0 Å². The normalized spacial score (nSPS) is 11.4. The zero-order valence-electron chi connectivity index (χ0n) is 12.1. The summed E-state index contributed by atoms with van der Waals surface area (Å²) in [6.07, 6.45) is 0.958. The van der Waals surface area contributed by atoms with Crippen LogP contribution in [0.2, 0.25) is 0 Å². The summed E-state index contributed by atoms with van der Waals surface area (Å²) in [6, 6.07) is 6.32. The maximum Gasteiger partial charge on any atom is 0.238 e. The molecule has 0 bridgehead atoms. The minimum atomic E-state index is -3.66. The molecule has 0 aliphatic carbocycles. The molecule has 118 valence electrons. The Bertz CT molecular complexity index is 752. The van der Waals surface area contributed by atoms with Crippen LogP contribution in [0.15, 0.2) is 34.7 Å². The van der Waals surface area contributed by atoms with Gasteiger partial charge in [-0.05, 0) is 31.0 Å². The smallest absolute Gasteiger partial charge is 0.238 e. The summed E-state index contributed by atoms with van der Waals surface area (Å²) in [7, 11) is -3.66. The predicted octanol–water partition coefficient (Wildman–Crippen LogP) is 1.00. The molecule has 3 N–H and O–H groups in total. The number of nitrogens with one attached hydrogen (secondary N) is 1. The molecule has 22 heavy (non-hydrogen) atoms. The number of amides is 1. The van der Waals surface area contributed by atoms with Crippen molar-refractivity contribution in [1.29, 1.82) is 0 Å². The molecular weight excluding hydrogens is 322 g/mol. The number of primary sulfonamides is 1. The molecule has 0 saturated carbocycles. The maximum atomic E-state index is 11.8. The first-order valence-corrected chi connectivity index (χ1v) is 9.06. The van der Waals surface area contributed by atoms with Crippen LogP contribution in [-0.4, -0.2) is 25.9 Å². The molecule has 1 heterocycles. The van der Waals surface area contributed by atoms with Gasteiger partial charge in [0.1, 0.15) is 0 Å². The van der Waals surface area contributed by atoms with E-state index in [2.05, 4.69) is 10.3 Å². The van der Waals surface area contributed by atoms with Crippen LogP contribution in [0.5, 0.6) is 0 Å². The van der Waals surface area contributed by atoms with E-state index in [1.165, 1.54) is 23.5 Å². The molecular formula is C14H17N3O3S2. The van der Waals surface area contributed by atoms with Gasteiger partial charge in [-0.25, -0.2) is 18.5 Å². The molecule has 0 saturated heterocycles. The van der Waals surface area contributed by atoms with Crippen molar-refractivity contribution >= 4 is 27.3 Å². The highest BCUT2D eigenvalue weighted by Gasteiger charge is 2.09. The van der Waals surface area contributed by atoms with Crippen molar-refractivity contribution in [2.45, 2.75) is 24.7 Å². The second-order valence-corrected chi connectivity index (χ2v) is 7.33. The monoisotopic (exact) mass is 339 g/mol. The number of rotatable bonds is 6. The number of nitrogens with zero attached hydrogens (tertiary/aromatic N) is 1. The number of hydrogen-bond acceptors (Lipinski definition) is 5. The third-order valence-corrected chi connectivity index (χ3v) is 5.02. The average molecular weight is 339 g/mol. The molecule has 6 nitrogen and oxygen atoms in total. The average Bonchev–Trinajstić information content (AvgIpc) is 2.84. The number of thiazole rings is 1. The van der Waals surface area contributed by atoms with Crippen LogP contribution in [0.3, 0.4) is 0 Å². The van der Waals surface area contributed by atoms with Crippen LogP contribution in [0, 0.1) is 6.92 Å². The van der Waals surface area contributed by atoms with E-state index >= 15 is 0 Å². The molecule has 0 radical (unpaired) electrons. The second kappa shape index (κ2) is 6.99. The summed E-state index contributed by atoms with van der Waals surface area (Å²) in [4.78, 5) is 17.0. The molecule has 1 aromatic heterocycles. The number of carbonyl (C=O) groups is 1. The van der Waals surface area contributed by atoms with Crippen molar-refractivity contribution in [1.82, 2.24) is 10.3 Å². The highest BCUT2D eigenvalue weighted by Crippen LogP contribution is 2.12. The summed E-state index contributed by atoms with van der Waals surface area (Å²) in [6.45, 7) is 2.37. The summed E-state index contributed by atoms with van der Waals surface area (Å²) < 4.78 is 22.3. The Morgan fingerprint density at radius 1 is 1.32 bits per heavy atom. The Morgan fingerprint density at radius 3 is 2.55 bits per heavy atom. The van der Waals surface area contributed by atoms with Gasteiger partial charge in [0.2, 0.25) is 15.9 Å². The number of nitrogens with two attached hydrogens (primary N) is 1. The first kappa shape index (κ1) is 16.6. The molecule has 0 fully saturated rings. The molecule has 0 spiro atoms. The number of carbonyl (C=O) groups excluding carboxylic acids is 1. The molecule has 0 atom stereocenters. The van der Waals surface area contributed by atoms with Gasteiger partial charge in [-0.3, -0.25) is 4.79 Å². The van der Waals surface area contributed by atoms with Gasteiger partial charge >= 0.3 is 0 Å². The predicted molar refractivity (Wildman–Crippen MR) is 85.1 cm³/mol. The van der Waals surface area contributed by atoms with E-state index in [0.717, 1.165) is 16.1 Å². The van der Waals surface area contributed by atoms with Crippen LogP contribution in [0.1, 0.15) is 16.1 Å². The molecule has 1 aromatic carbocycles. The van der Waals surface area contributed by atoms with Crippen LogP contribution >= 0.6 is 11.3 Å². The molecule has 2 aromatic rings. The van der Waals surface area contributed by atoms with Crippen molar-refractivity contribution in [3.63, 3.8) is 0 Å². The Labute approximate surface area is 133 Å². The highest BCUT2D eigenvalue weighted by molar-refractivity contribution is 7.89. The fourth-order valence-corrected chi connectivity index (χ4v) is 3.19. The summed E-state index contributed by atoms with van der Waals surface area (Å²) in [5.74, 6) is -0.0477. The third kappa shape index (κ3) is 4.62. The Balaban J connectivity index is 1.81. The van der Waals surface area contributed by atoms with Gasteiger partial charge in [-0.2, -0.15) is 0 Å². The van der Waals surface area contributed by atoms with Crippen LogP contribution in [0.4, 0.5) is 0 Å². The lowest BCUT2D eigenvalue weighted by molar-refractivity contribution is -0.120. The van der Waals surface area contributed by atoms with E-state index in [1.807, 2.05) is 6.92 Å². The Kier molecular flexibility index (Phi) is 5.28. The van der Waals surface area contributed by atoms with E-state index in [4.69, 9.17) is 5.14 Å². The van der Waals surface area contributed by atoms with Crippen molar-refractivity contribution < 1.29 is 13.2 Å². The third-order valence-electron chi connectivity index (χ3n) is 3.15. The van der Waals surface area contributed by atoms with E-state index in [0.29, 0.717) is 19.4 Å². The van der Waals surface area contributed by atoms with Gasteiger partial charge in [0.05, 0.1) is 22.5 Å². The van der Waals surface area contributed by atoms with Gasteiger partial charge in [-0.1, -0.05) is 12.1 Å². The van der Waals surface area contributed by atoms with Crippen molar-refractivity contribution in [3.8, 4) is 0 Å². The highest BCUT2D eigenvalue weighted by atomic mass is 32.2. The number of benzene rings is 1. The lowest BCUT2D eigenvalue weighted by Crippen LogP contribution is -2.27. The zero-order valence-corrected chi connectivity index (χ0v) is 13.7. The summed E-state index contributed by atoms with van der Waals surface area (Å²) in [5.41, 5.74) is 3.55. The van der Waals surface area contributed by atoms with E-state index in [1.54, 1.807) is 17.6 Å². The first-order valence-electron chi connectivity index (χ1n) is 6.63. The number of aromatic nitrogens is 1. The Morgan fingerprint density at radius 2 is 2.00 bits per heavy atom.